The number of aromatic nitrogens is 2. The summed E-state index contributed by atoms with van der Waals surface area (Å²) in [5, 5.41) is 8.90. The molecule has 1 heterocycles. The summed E-state index contributed by atoms with van der Waals surface area (Å²) in [6.45, 7) is 0.683. The maximum Gasteiger partial charge on any atom is 0.118 e. The van der Waals surface area contributed by atoms with Gasteiger partial charge >= 0.3 is 0 Å². The van der Waals surface area contributed by atoms with Gasteiger partial charge in [-0.05, 0) is 29.8 Å². The second-order valence-electron chi connectivity index (χ2n) is 5.10. The molecular formula is C18H18N4O. The summed E-state index contributed by atoms with van der Waals surface area (Å²) in [4.78, 5) is 4.09. The Kier molecular flexibility index (Phi) is 4.79. The lowest BCUT2D eigenvalue weighted by atomic mass is 10.1. The molecule has 1 unspecified atom stereocenters. The molecule has 3 aromatic rings. The van der Waals surface area contributed by atoms with E-state index >= 15 is 0 Å². The Bertz CT molecular complexity index is 736. The third-order valence-corrected chi connectivity index (χ3v) is 3.51. The zero-order valence-electron chi connectivity index (χ0n) is 12.9. The van der Waals surface area contributed by atoms with Crippen molar-refractivity contribution in [2.75, 3.05) is 7.11 Å². The number of hydrogen-bond acceptors (Lipinski definition) is 4. The minimum atomic E-state index is -0.0877. The average Bonchev–Trinajstić information content (AvgIpc) is 3.13. The Morgan fingerprint density at radius 1 is 1.09 bits per heavy atom. The Hall–Kier alpha value is -2.95. The fraction of sp³-hybridized carbons (Fsp3) is 0.167. The maximum atomic E-state index is 5.21. The summed E-state index contributed by atoms with van der Waals surface area (Å²) in [5.74, 6) is 0.829. The molecule has 0 saturated heterocycles. The van der Waals surface area contributed by atoms with Gasteiger partial charge in [-0.1, -0.05) is 30.3 Å². The molecule has 0 spiro atoms. The van der Waals surface area contributed by atoms with Crippen LogP contribution in [-0.4, -0.2) is 16.7 Å². The van der Waals surface area contributed by atoms with Crippen LogP contribution < -0.4 is 4.74 Å². The highest BCUT2D eigenvalue weighted by atomic mass is 16.5. The molecule has 0 aliphatic carbocycles. The van der Waals surface area contributed by atoms with Crippen LogP contribution in [-0.2, 0) is 6.54 Å². The predicted molar refractivity (Wildman–Crippen MR) is 88.9 cm³/mol. The molecule has 0 amide bonds. The van der Waals surface area contributed by atoms with Crippen molar-refractivity contribution in [3.8, 4) is 5.75 Å². The van der Waals surface area contributed by atoms with Crippen molar-refractivity contribution in [1.29, 1.82) is 0 Å². The number of imidazole rings is 1. The van der Waals surface area contributed by atoms with Crippen molar-refractivity contribution in [2.24, 2.45) is 10.2 Å². The first-order valence-corrected chi connectivity index (χ1v) is 7.41. The first-order chi connectivity index (χ1) is 11.3. The van der Waals surface area contributed by atoms with E-state index < -0.39 is 0 Å². The van der Waals surface area contributed by atoms with E-state index in [1.807, 2.05) is 65.4 Å². The van der Waals surface area contributed by atoms with E-state index in [-0.39, 0.29) is 6.04 Å². The van der Waals surface area contributed by atoms with Crippen LogP contribution in [0.25, 0.3) is 0 Å². The second kappa shape index (κ2) is 7.35. The van der Waals surface area contributed by atoms with Crippen molar-refractivity contribution < 1.29 is 4.74 Å². The highest BCUT2D eigenvalue weighted by Crippen LogP contribution is 2.24. The normalized spacial score (nSPS) is 12.4. The zero-order chi connectivity index (χ0) is 15.9. The van der Waals surface area contributed by atoms with E-state index in [1.54, 1.807) is 19.6 Å². The van der Waals surface area contributed by atoms with Gasteiger partial charge in [0.2, 0.25) is 0 Å². The molecule has 0 N–H and O–H groups in total. The molecule has 0 fully saturated rings. The lowest BCUT2D eigenvalue weighted by Gasteiger charge is -2.13. The van der Waals surface area contributed by atoms with E-state index in [9.17, 15) is 0 Å². The quantitative estimate of drug-likeness (QED) is 0.633. The first-order valence-electron chi connectivity index (χ1n) is 7.41. The predicted octanol–water partition coefficient (Wildman–Crippen LogP) is 4.42. The van der Waals surface area contributed by atoms with Crippen molar-refractivity contribution in [1.82, 2.24) is 9.55 Å². The summed E-state index contributed by atoms with van der Waals surface area (Å²) in [6.07, 6.45) is 5.47. The number of hydrogen-bond donors (Lipinski definition) is 0. The number of rotatable bonds is 6. The summed E-state index contributed by atoms with van der Waals surface area (Å²) >= 11 is 0. The highest BCUT2D eigenvalue weighted by molar-refractivity contribution is 5.35. The molecule has 23 heavy (non-hydrogen) atoms. The summed E-state index contributed by atoms with van der Waals surface area (Å²) in [6, 6.07) is 17.6. The summed E-state index contributed by atoms with van der Waals surface area (Å²) < 4.78 is 7.21. The number of azo groups is 1. The fourth-order valence-electron chi connectivity index (χ4n) is 2.26. The molecule has 1 aromatic heterocycles. The Morgan fingerprint density at radius 3 is 2.52 bits per heavy atom. The SMILES string of the molecule is COc1ccc(C(Cn2ccnc2)N=Nc2ccccc2)cc1. The molecule has 1 atom stereocenters. The number of benzene rings is 2. The molecule has 116 valence electrons. The van der Waals surface area contributed by atoms with Crippen LogP contribution in [0.5, 0.6) is 5.75 Å². The molecule has 0 aliphatic rings. The van der Waals surface area contributed by atoms with Crippen molar-refractivity contribution >= 4 is 5.69 Å². The lowest BCUT2D eigenvalue weighted by Crippen LogP contribution is -2.05. The molecule has 5 nitrogen and oxygen atoms in total. The van der Waals surface area contributed by atoms with Gasteiger partial charge in [-0.15, -0.1) is 0 Å². The fourth-order valence-corrected chi connectivity index (χ4v) is 2.26. The second-order valence-corrected chi connectivity index (χ2v) is 5.10. The summed E-state index contributed by atoms with van der Waals surface area (Å²) in [5.41, 5.74) is 1.93. The molecule has 0 radical (unpaired) electrons. The van der Waals surface area contributed by atoms with Crippen molar-refractivity contribution in [3.05, 3.63) is 78.9 Å². The number of ether oxygens (including phenoxy) is 1. The van der Waals surface area contributed by atoms with E-state index in [1.165, 1.54) is 0 Å². The monoisotopic (exact) mass is 306 g/mol. The first kappa shape index (κ1) is 15.0. The van der Waals surface area contributed by atoms with Gasteiger partial charge in [0.05, 0.1) is 25.7 Å². The van der Waals surface area contributed by atoms with Gasteiger partial charge in [0.15, 0.2) is 0 Å². The lowest BCUT2D eigenvalue weighted by molar-refractivity contribution is 0.414. The van der Waals surface area contributed by atoms with E-state index in [0.29, 0.717) is 6.54 Å². The van der Waals surface area contributed by atoms with Crippen LogP contribution in [0, 0.1) is 0 Å². The van der Waals surface area contributed by atoms with E-state index in [0.717, 1.165) is 17.0 Å². The minimum absolute atomic E-state index is 0.0877. The van der Waals surface area contributed by atoms with Crippen LogP contribution in [0.1, 0.15) is 11.6 Å². The molecule has 0 bridgehead atoms. The van der Waals surface area contributed by atoms with Crippen LogP contribution in [0.4, 0.5) is 5.69 Å². The summed E-state index contributed by atoms with van der Waals surface area (Å²) in [7, 11) is 1.66. The van der Waals surface area contributed by atoms with Gasteiger partial charge in [0.1, 0.15) is 11.8 Å². The topological polar surface area (TPSA) is 51.8 Å². The maximum absolute atomic E-state index is 5.21. The van der Waals surface area contributed by atoms with Gasteiger partial charge in [0.25, 0.3) is 0 Å². The molecule has 0 aliphatic heterocycles. The van der Waals surface area contributed by atoms with Gasteiger partial charge in [-0.3, -0.25) is 0 Å². The number of nitrogens with zero attached hydrogens (tertiary/aromatic N) is 4. The van der Waals surface area contributed by atoms with Crippen molar-refractivity contribution in [3.63, 3.8) is 0 Å². The van der Waals surface area contributed by atoms with Gasteiger partial charge in [0, 0.05) is 12.4 Å². The molecule has 0 saturated carbocycles. The largest absolute Gasteiger partial charge is 0.497 e. The Labute approximate surface area is 135 Å². The standard InChI is InChI=1S/C18H18N4O/c1-23-17-9-7-15(8-10-17)18(13-22-12-11-19-14-22)21-20-16-5-3-2-4-6-16/h2-12,14,18H,13H2,1H3. The van der Waals surface area contributed by atoms with Crippen LogP contribution in [0.2, 0.25) is 0 Å². The van der Waals surface area contributed by atoms with E-state index in [2.05, 4.69) is 15.2 Å². The average molecular weight is 306 g/mol. The van der Waals surface area contributed by atoms with Crippen molar-refractivity contribution in [2.45, 2.75) is 12.6 Å². The smallest absolute Gasteiger partial charge is 0.118 e. The minimum Gasteiger partial charge on any atom is -0.497 e. The third-order valence-electron chi connectivity index (χ3n) is 3.51. The number of methoxy groups -OCH3 is 1. The van der Waals surface area contributed by atoms with Crippen LogP contribution >= 0.6 is 0 Å². The molecule has 5 heteroatoms. The molecular weight excluding hydrogens is 288 g/mol. The van der Waals surface area contributed by atoms with Crippen LogP contribution in [0.15, 0.2) is 83.5 Å². The van der Waals surface area contributed by atoms with Gasteiger partial charge < -0.3 is 9.30 Å². The highest BCUT2D eigenvalue weighted by Gasteiger charge is 2.11. The van der Waals surface area contributed by atoms with E-state index in [4.69, 9.17) is 4.74 Å². The van der Waals surface area contributed by atoms with Gasteiger partial charge in [-0.2, -0.15) is 10.2 Å². The Balaban J connectivity index is 1.84. The zero-order valence-corrected chi connectivity index (χ0v) is 12.9. The molecule has 2 aromatic carbocycles. The molecule has 3 rings (SSSR count). The van der Waals surface area contributed by atoms with Gasteiger partial charge in [-0.25, -0.2) is 4.98 Å². The Morgan fingerprint density at radius 2 is 1.87 bits per heavy atom. The van der Waals surface area contributed by atoms with Crippen LogP contribution in [0.3, 0.4) is 0 Å². The third kappa shape index (κ3) is 4.03.